The summed E-state index contributed by atoms with van der Waals surface area (Å²) in [7, 11) is 0. The highest BCUT2D eigenvalue weighted by Crippen LogP contribution is 2.56. The third-order valence-corrected chi connectivity index (χ3v) is 9.18. The van der Waals surface area contributed by atoms with E-state index in [1.54, 1.807) is 24.5 Å². The Hall–Kier alpha value is -2.89. The number of ether oxygens (including phenoxy) is 1. The number of nitrogens with one attached hydrogen (secondary N) is 1. The van der Waals surface area contributed by atoms with Gasteiger partial charge in [-0.3, -0.25) is 4.79 Å². The smallest absolute Gasteiger partial charge is 0.254 e. The Kier molecular flexibility index (Phi) is 7.66. The minimum atomic E-state index is -0.365. The molecule has 2 aliphatic rings. The van der Waals surface area contributed by atoms with Crippen molar-refractivity contribution in [1.82, 2.24) is 15.3 Å². The largest absolute Gasteiger partial charge is 0.489 e. The van der Waals surface area contributed by atoms with Crippen molar-refractivity contribution >= 4 is 23.5 Å². The van der Waals surface area contributed by atoms with Crippen LogP contribution in [0.2, 0.25) is 5.02 Å². The molecule has 0 spiro atoms. The standard InChI is InChI=1S/C29H38ClN5O3/c1-16-13-35(14-17(2)21(16)15-36)27-32-11-20(12-33-27)24(37)34-25-28(4,5)26(29(25,6)7)38-22-9-8-19(10-31)23(30)18(22)3/h8-9,11-12,16-17,21,25-26,36H,13-15H2,1-7H3,(H,34,37). The molecule has 2 aromatic rings. The van der Waals surface area contributed by atoms with E-state index in [0.717, 1.165) is 18.7 Å². The number of aliphatic hydroxyl groups is 1. The first kappa shape index (κ1) is 28.1. The van der Waals surface area contributed by atoms with Crippen LogP contribution in [0.3, 0.4) is 0 Å². The average molecular weight is 540 g/mol. The molecule has 2 atom stereocenters. The topological polar surface area (TPSA) is 111 Å². The Balaban J connectivity index is 1.44. The fraction of sp³-hybridized carbons (Fsp3) is 0.586. The van der Waals surface area contributed by atoms with Gasteiger partial charge < -0.3 is 20.1 Å². The van der Waals surface area contributed by atoms with E-state index in [0.29, 0.717) is 39.7 Å². The predicted octanol–water partition coefficient (Wildman–Crippen LogP) is 4.62. The Bertz CT molecular complexity index is 1210. The monoisotopic (exact) mass is 539 g/mol. The van der Waals surface area contributed by atoms with Crippen molar-refractivity contribution in [2.45, 2.75) is 60.6 Å². The Morgan fingerprint density at radius 3 is 2.29 bits per heavy atom. The maximum Gasteiger partial charge on any atom is 0.254 e. The summed E-state index contributed by atoms with van der Waals surface area (Å²) in [6.07, 6.45) is 2.98. The zero-order valence-corrected chi connectivity index (χ0v) is 24.0. The molecule has 0 radical (unpaired) electrons. The van der Waals surface area contributed by atoms with Crippen LogP contribution < -0.4 is 15.0 Å². The fourth-order valence-corrected chi connectivity index (χ4v) is 6.95. The van der Waals surface area contributed by atoms with Crippen LogP contribution in [-0.4, -0.2) is 52.8 Å². The quantitative estimate of drug-likeness (QED) is 0.550. The number of carbonyl (C=O) groups excluding carboxylic acids is 1. The molecular weight excluding hydrogens is 502 g/mol. The molecule has 8 nitrogen and oxygen atoms in total. The summed E-state index contributed by atoms with van der Waals surface area (Å²) in [6.45, 7) is 16.2. The van der Waals surface area contributed by atoms with Crippen molar-refractivity contribution in [2.24, 2.45) is 28.6 Å². The van der Waals surface area contributed by atoms with E-state index in [-0.39, 0.29) is 41.4 Å². The Morgan fingerprint density at radius 1 is 1.18 bits per heavy atom. The van der Waals surface area contributed by atoms with E-state index in [1.165, 1.54) is 0 Å². The van der Waals surface area contributed by atoms with Gasteiger partial charge in [-0.15, -0.1) is 0 Å². The first-order valence-electron chi connectivity index (χ1n) is 13.2. The van der Waals surface area contributed by atoms with Crippen LogP contribution in [0, 0.1) is 46.8 Å². The van der Waals surface area contributed by atoms with E-state index in [4.69, 9.17) is 16.3 Å². The van der Waals surface area contributed by atoms with Crippen LogP contribution in [0.5, 0.6) is 5.75 Å². The number of anilines is 1. The van der Waals surface area contributed by atoms with Crippen LogP contribution in [-0.2, 0) is 0 Å². The number of amides is 1. The van der Waals surface area contributed by atoms with Crippen molar-refractivity contribution < 1.29 is 14.6 Å². The number of halogens is 1. The highest BCUT2D eigenvalue weighted by Gasteiger charge is 2.64. The molecule has 2 heterocycles. The molecule has 4 rings (SSSR count). The van der Waals surface area contributed by atoms with Gasteiger partial charge in [-0.1, -0.05) is 53.1 Å². The van der Waals surface area contributed by atoms with E-state index < -0.39 is 0 Å². The minimum absolute atomic E-state index is 0.152. The molecule has 2 fully saturated rings. The highest BCUT2D eigenvalue weighted by atomic mass is 35.5. The van der Waals surface area contributed by atoms with Gasteiger partial charge in [0.05, 0.1) is 16.1 Å². The number of nitriles is 1. The van der Waals surface area contributed by atoms with Gasteiger partial charge in [0.15, 0.2) is 0 Å². The molecule has 204 valence electrons. The summed E-state index contributed by atoms with van der Waals surface area (Å²) >= 11 is 6.35. The summed E-state index contributed by atoms with van der Waals surface area (Å²) in [4.78, 5) is 24.3. The van der Waals surface area contributed by atoms with Gasteiger partial charge in [-0.05, 0) is 36.8 Å². The SMILES string of the molecule is Cc1c(OC2C(C)(C)C(NC(=O)c3cnc(N4CC(C)C(CO)C(C)C4)nc3)C2(C)C)ccc(C#N)c1Cl. The van der Waals surface area contributed by atoms with Gasteiger partial charge in [-0.2, -0.15) is 5.26 Å². The molecule has 9 heteroatoms. The van der Waals surface area contributed by atoms with Gasteiger partial charge in [-0.25, -0.2) is 9.97 Å². The summed E-state index contributed by atoms with van der Waals surface area (Å²) in [5.74, 6) is 1.96. The number of nitrogens with zero attached hydrogens (tertiary/aromatic N) is 4. The second-order valence-electron chi connectivity index (χ2n) is 12.2. The lowest BCUT2D eigenvalue weighted by molar-refractivity contribution is -0.164. The van der Waals surface area contributed by atoms with Crippen LogP contribution in [0.4, 0.5) is 5.95 Å². The molecule has 1 aliphatic heterocycles. The van der Waals surface area contributed by atoms with Crippen molar-refractivity contribution in [1.29, 1.82) is 5.26 Å². The van der Waals surface area contributed by atoms with E-state index in [1.807, 2.05) is 6.92 Å². The van der Waals surface area contributed by atoms with Crippen molar-refractivity contribution in [3.8, 4) is 11.8 Å². The number of benzene rings is 1. The van der Waals surface area contributed by atoms with Crippen LogP contribution in [0.25, 0.3) is 0 Å². The zero-order valence-electron chi connectivity index (χ0n) is 23.2. The molecule has 2 unspecified atom stereocenters. The maximum atomic E-state index is 13.2. The summed E-state index contributed by atoms with van der Waals surface area (Å²) < 4.78 is 6.43. The zero-order chi connectivity index (χ0) is 28.0. The Labute approximate surface area is 230 Å². The van der Waals surface area contributed by atoms with Gasteiger partial charge in [0, 0.05) is 54.5 Å². The number of carbonyl (C=O) groups is 1. The number of rotatable bonds is 6. The second-order valence-corrected chi connectivity index (χ2v) is 12.6. The normalized spacial score (nSPS) is 27.7. The first-order chi connectivity index (χ1) is 17.8. The molecule has 1 saturated carbocycles. The summed E-state index contributed by atoms with van der Waals surface area (Å²) in [5.41, 5.74) is 0.824. The van der Waals surface area contributed by atoms with Crippen molar-refractivity contribution in [3.63, 3.8) is 0 Å². The van der Waals surface area contributed by atoms with Gasteiger partial charge in [0.2, 0.25) is 5.95 Å². The molecule has 0 bridgehead atoms. The van der Waals surface area contributed by atoms with Gasteiger partial charge in [0.25, 0.3) is 5.91 Å². The molecular formula is C29H38ClN5O3. The van der Waals surface area contributed by atoms with Crippen LogP contribution in [0.1, 0.15) is 63.0 Å². The molecule has 1 saturated heterocycles. The van der Waals surface area contributed by atoms with Gasteiger partial charge >= 0.3 is 0 Å². The maximum absolute atomic E-state index is 13.2. The minimum Gasteiger partial charge on any atom is -0.489 e. The number of aliphatic hydroxyl groups excluding tert-OH is 1. The lowest BCUT2D eigenvalue weighted by Gasteiger charge is -2.63. The molecule has 38 heavy (non-hydrogen) atoms. The molecule has 1 aliphatic carbocycles. The number of hydrogen-bond donors (Lipinski definition) is 2. The fourth-order valence-electron chi connectivity index (χ4n) is 6.75. The lowest BCUT2D eigenvalue weighted by atomic mass is 9.49. The lowest BCUT2D eigenvalue weighted by Crippen LogP contribution is -2.74. The number of aromatic nitrogens is 2. The van der Waals surface area contributed by atoms with Crippen molar-refractivity contribution in [3.05, 3.63) is 46.2 Å². The van der Waals surface area contributed by atoms with E-state index >= 15 is 0 Å². The highest BCUT2D eigenvalue weighted by molar-refractivity contribution is 6.32. The van der Waals surface area contributed by atoms with Crippen LogP contribution >= 0.6 is 11.6 Å². The summed E-state index contributed by atoms with van der Waals surface area (Å²) in [5, 5.41) is 22.5. The third-order valence-electron chi connectivity index (χ3n) is 8.69. The number of piperidine rings is 1. The number of hydrogen-bond acceptors (Lipinski definition) is 7. The Morgan fingerprint density at radius 2 is 1.76 bits per heavy atom. The van der Waals surface area contributed by atoms with Gasteiger partial charge in [0.1, 0.15) is 17.9 Å². The second kappa shape index (κ2) is 10.3. The van der Waals surface area contributed by atoms with Crippen LogP contribution in [0.15, 0.2) is 24.5 Å². The molecule has 2 N–H and O–H groups in total. The summed E-state index contributed by atoms with van der Waals surface area (Å²) in [6, 6.07) is 5.39. The average Bonchev–Trinajstić information content (AvgIpc) is 2.87. The molecule has 1 amide bonds. The molecule has 1 aromatic carbocycles. The molecule has 1 aromatic heterocycles. The predicted molar refractivity (Wildman–Crippen MR) is 147 cm³/mol. The van der Waals surface area contributed by atoms with E-state index in [2.05, 4.69) is 67.8 Å². The van der Waals surface area contributed by atoms with E-state index in [9.17, 15) is 15.2 Å². The van der Waals surface area contributed by atoms with Crippen molar-refractivity contribution in [2.75, 3.05) is 24.6 Å². The first-order valence-corrected chi connectivity index (χ1v) is 13.5. The third kappa shape index (κ3) is 4.83.